The summed E-state index contributed by atoms with van der Waals surface area (Å²) in [7, 11) is 0. The van der Waals surface area contributed by atoms with E-state index in [1.807, 2.05) is 0 Å². The maximum absolute atomic E-state index is 12.9. The second-order valence-electron chi connectivity index (χ2n) is 5.72. The number of fused-ring (bicyclic) bond motifs is 1. The fourth-order valence-electron chi connectivity index (χ4n) is 2.55. The number of hydrogen-bond acceptors (Lipinski definition) is 3. The number of rotatable bonds is 3. The van der Waals surface area contributed by atoms with Gasteiger partial charge in [0, 0.05) is 6.20 Å². The molecule has 0 aliphatic heterocycles. The molecule has 3 heterocycles. The monoisotopic (exact) mass is 361 g/mol. The molecule has 0 amide bonds. The van der Waals surface area contributed by atoms with Gasteiger partial charge in [-0.05, 0) is 23.8 Å². The predicted octanol–water partition coefficient (Wildman–Crippen LogP) is 4.03. The van der Waals surface area contributed by atoms with Crippen LogP contribution in [0.1, 0.15) is 11.3 Å². The van der Waals surface area contributed by atoms with E-state index in [0.717, 1.165) is 17.8 Å². The number of imidazole rings is 1. The number of nitrogens with one attached hydrogen (secondary N) is 1. The molecular weight excluding hydrogens is 350 g/mol. The van der Waals surface area contributed by atoms with Crippen molar-refractivity contribution in [3.63, 3.8) is 0 Å². The van der Waals surface area contributed by atoms with Crippen LogP contribution in [-0.2, 0) is 12.7 Å². The van der Waals surface area contributed by atoms with Gasteiger partial charge in [-0.1, -0.05) is 12.1 Å². The summed E-state index contributed by atoms with van der Waals surface area (Å²) in [5.74, 6) is 0.0792. The van der Waals surface area contributed by atoms with Crippen molar-refractivity contribution in [1.29, 1.82) is 0 Å². The fraction of sp³-hybridized carbons (Fsp3) is 0.118. The Labute approximate surface area is 144 Å². The average molecular weight is 361 g/mol. The Kier molecular flexibility index (Phi) is 3.71. The number of alkyl halides is 3. The van der Waals surface area contributed by atoms with Gasteiger partial charge in [0.2, 0.25) is 0 Å². The molecule has 132 valence electrons. The summed E-state index contributed by atoms with van der Waals surface area (Å²) in [6, 6.07) is 6.94. The molecule has 5 nitrogen and oxygen atoms in total. The smallest absolute Gasteiger partial charge is 0.337 e. The van der Waals surface area contributed by atoms with Crippen molar-refractivity contribution in [2.45, 2.75) is 12.7 Å². The Morgan fingerprint density at radius 2 is 1.85 bits per heavy atom. The normalized spacial score (nSPS) is 12.0. The molecule has 9 heteroatoms. The highest BCUT2D eigenvalue weighted by Gasteiger charge is 2.32. The van der Waals surface area contributed by atoms with Crippen molar-refractivity contribution in [1.82, 2.24) is 24.7 Å². The minimum atomic E-state index is -4.52. The molecule has 4 rings (SSSR count). The van der Waals surface area contributed by atoms with Crippen LogP contribution in [0.25, 0.3) is 22.4 Å². The maximum Gasteiger partial charge on any atom is 0.433 e. The van der Waals surface area contributed by atoms with E-state index in [-0.39, 0.29) is 11.3 Å². The second-order valence-corrected chi connectivity index (χ2v) is 5.72. The summed E-state index contributed by atoms with van der Waals surface area (Å²) < 4.78 is 52.8. The Balaban J connectivity index is 1.61. The van der Waals surface area contributed by atoms with Crippen LogP contribution in [0.15, 0.2) is 48.9 Å². The van der Waals surface area contributed by atoms with E-state index in [1.54, 1.807) is 29.2 Å². The molecule has 0 radical (unpaired) electrons. The zero-order chi connectivity index (χ0) is 18.3. The van der Waals surface area contributed by atoms with Gasteiger partial charge >= 0.3 is 6.18 Å². The third-order valence-electron chi connectivity index (χ3n) is 3.82. The van der Waals surface area contributed by atoms with Gasteiger partial charge in [-0.3, -0.25) is 4.68 Å². The highest BCUT2D eigenvalue weighted by Crippen LogP contribution is 2.29. The molecule has 0 aliphatic carbocycles. The molecule has 0 bridgehead atoms. The van der Waals surface area contributed by atoms with Crippen LogP contribution < -0.4 is 0 Å². The average Bonchev–Trinajstić information content (AvgIpc) is 3.22. The van der Waals surface area contributed by atoms with Crippen LogP contribution in [-0.4, -0.2) is 24.7 Å². The number of nitrogens with zero attached hydrogens (tertiary/aromatic N) is 4. The van der Waals surface area contributed by atoms with Crippen LogP contribution in [0.2, 0.25) is 0 Å². The molecular formula is C17H11F4N5. The number of halogens is 4. The third kappa shape index (κ3) is 3.15. The predicted molar refractivity (Wildman–Crippen MR) is 85.6 cm³/mol. The minimum Gasteiger partial charge on any atom is -0.337 e. The van der Waals surface area contributed by atoms with Crippen LogP contribution >= 0.6 is 0 Å². The quantitative estimate of drug-likeness (QED) is 0.561. The molecule has 1 aromatic carbocycles. The molecule has 0 aliphatic rings. The summed E-state index contributed by atoms with van der Waals surface area (Å²) in [6.07, 6.45) is -0.149. The Hall–Kier alpha value is -3.23. The van der Waals surface area contributed by atoms with Gasteiger partial charge in [-0.2, -0.15) is 18.3 Å². The van der Waals surface area contributed by atoms with E-state index in [1.165, 1.54) is 12.1 Å². The van der Waals surface area contributed by atoms with Gasteiger partial charge in [0.15, 0.2) is 0 Å². The first-order chi connectivity index (χ1) is 12.4. The number of aromatic amines is 1. The first-order valence-electron chi connectivity index (χ1n) is 7.59. The van der Waals surface area contributed by atoms with Crippen molar-refractivity contribution >= 4 is 11.0 Å². The standard InChI is InChI=1S/C17H11F4N5/c18-12-3-1-10(2-4-12)8-26-9-11(6-23-26)16-24-13-5-15(17(19,20)21)22-7-14(13)25-16/h1-7,9H,8H2,(H,24,25). The maximum atomic E-state index is 12.9. The topological polar surface area (TPSA) is 59.4 Å². The van der Waals surface area contributed by atoms with Crippen LogP contribution in [0.5, 0.6) is 0 Å². The highest BCUT2D eigenvalue weighted by molar-refractivity contribution is 5.78. The van der Waals surface area contributed by atoms with E-state index < -0.39 is 11.9 Å². The fourth-order valence-corrected chi connectivity index (χ4v) is 2.55. The van der Waals surface area contributed by atoms with E-state index in [9.17, 15) is 17.6 Å². The van der Waals surface area contributed by atoms with Crippen molar-refractivity contribution in [3.8, 4) is 11.4 Å². The minimum absolute atomic E-state index is 0.175. The summed E-state index contributed by atoms with van der Waals surface area (Å²) in [5.41, 5.74) is 1.07. The van der Waals surface area contributed by atoms with Crippen LogP contribution in [0.4, 0.5) is 17.6 Å². The molecule has 0 unspecified atom stereocenters. The molecule has 0 spiro atoms. The number of pyridine rings is 1. The summed E-state index contributed by atoms with van der Waals surface area (Å²) in [6.45, 7) is 0.431. The van der Waals surface area contributed by atoms with Crippen molar-refractivity contribution in [3.05, 3.63) is 66.0 Å². The zero-order valence-electron chi connectivity index (χ0n) is 13.1. The number of hydrogen-bond donors (Lipinski definition) is 1. The molecule has 4 aromatic rings. The molecule has 0 saturated carbocycles. The van der Waals surface area contributed by atoms with Gasteiger partial charge in [-0.15, -0.1) is 0 Å². The molecule has 0 saturated heterocycles. The van der Waals surface area contributed by atoms with E-state index >= 15 is 0 Å². The Bertz CT molecular complexity index is 1060. The Morgan fingerprint density at radius 1 is 1.08 bits per heavy atom. The lowest BCUT2D eigenvalue weighted by molar-refractivity contribution is -0.141. The van der Waals surface area contributed by atoms with Crippen molar-refractivity contribution in [2.75, 3.05) is 0 Å². The molecule has 0 fully saturated rings. The van der Waals surface area contributed by atoms with Gasteiger partial charge < -0.3 is 4.98 Å². The van der Waals surface area contributed by atoms with Gasteiger partial charge in [-0.25, -0.2) is 14.4 Å². The first-order valence-corrected chi connectivity index (χ1v) is 7.59. The van der Waals surface area contributed by atoms with E-state index in [4.69, 9.17) is 0 Å². The highest BCUT2D eigenvalue weighted by atomic mass is 19.4. The number of aromatic nitrogens is 5. The largest absolute Gasteiger partial charge is 0.433 e. The number of H-pyrrole nitrogens is 1. The van der Waals surface area contributed by atoms with Gasteiger partial charge in [0.25, 0.3) is 0 Å². The number of benzene rings is 1. The molecule has 0 atom stereocenters. The third-order valence-corrected chi connectivity index (χ3v) is 3.82. The van der Waals surface area contributed by atoms with Crippen molar-refractivity contribution in [2.24, 2.45) is 0 Å². The van der Waals surface area contributed by atoms with E-state index in [0.29, 0.717) is 23.4 Å². The molecule has 3 aromatic heterocycles. The Morgan fingerprint density at radius 3 is 2.58 bits per heavy atom. The van der Waals surface area contributed by atoms with Gasteiger partial charge in [0.1, 0.15) is 17.3 Å². The SMILES string of the molecule is Fc1ccc(Cn2cc(-c3nc4cc(C(F)(F)F)ncc4[nH]3)cn2)cc1. The lowest BCUT2D eigenvalue weighted by atomic mass is 10.2. The lowest BCUT2D eigenvalue weighted by Crippen LogP contribution is -2.07. The van der Waals surface area contributed by atoms with Gasteiger partial charge in [0.05, 0.1) is 35.5 Å². The second kappa shape index (κ2) is 5.94. The summed E-state index contributed by atoms with van der Waals surface area (Å²) >= 11 is 0. The first kappa shape index (κ1) is 16.2. The van der Waals surface area contributed by atoms with Crippen LogP contribution in [0.3, 0.4) is 0 Å². The van der Waals surface area contributed by atoms with Crippen molar-refractivity contribution < 1.29 is 17.6 Å². The summed E-state index contributed by atoms with van der Waals surface area (Å²) in [5, 5.41) is 4.20. The van der Waals surface area contributed by atoms with Crippen LogP contribution in [0, 0.1) is 5.82 Å². The molecule has 26 heavy (non-hydrogen) atoms. The summed E-state index contributed by atoms with van der Waals surface area (Å²) in [4.78, 5) is 10.5. The van der Waals surface area contributed by atoms with E-state index in [2.05, 4.69) is 20.1 Å². The zero-order valence-corrected chi connectivity index (χ0v) is 13.1. The lowest BCUT2D eigenvalue weighted by Gasteiger charge is -2.03. The molecule has 1 N–H and O–H groups in total.